The first-order chi connectivity index (χ1) is 69.2. The molecule has 12 atom stereocenters. The number of ketones is 1. The fourth-order valence-electron chi connectivity index (χ4n) is 28.5. The van der Waals surface area contributed by atoms with Crippen LogP contribution in [0.4, 0.5) is 0 Å². The van der Waals surface area contributed by atoms with Crippen LogP contribution in [0.1, 0.15) is 499 Å². The molecule has 0 amide bonds. The zero-order valence-electron chi connectivity index (χ0n) is 107. The molecular formula is C136H256OP2. The van der Waals surface area contributed by atoms with Crippen LogP contribution in [0.2, 0.25) is 0 Å². The first-order valence-corrected chi connectivity index (χ1v) is 64.4. The maximum atomic E-state index is 13.2. The zero-order valence-corrected chi connectivity index (χ0v) is 109. The van der Waals surface area contributed by atoms with Gasteiger partial charge in [0, 0.05) is 11.1 Å². The molecule has 3 heteroatoms. The predicted molar refractivity (Wildman–Crippen MR) is 666 cm³/mol. The summed E-state index contributed by atoms with van der Waals surface area (Å²) in [5, 5.41) is 7.78. The maximum Gasteiger partial charge on any atom is 0.193 e. The normalized spacial score (nSPS) is 27.7. The Morgan fingerprint density at radius 1 is 0.180 bits per heavy atom. The number of fused-ring (bicyclic) bond motifs is 12. The van der Waals surface area contributed by atoms with E-state index in [1.165, 1.54) is 121 Å². The average Bonchev–Trinajstić information content (AvgIpc) is 0.492. The van der Waals surface area contributed by atoms with Crippen LogP contribution >= 0.6 is 15.8 Å². The molecule has 16 aliphatic carbocycles. The molecule has 0 aliphatic heterocycles. The highest BCUT2D eigenvalue weighted by Gasteiger charge is 3.32. The first kappa shape index (κ1) is 162. The zero-order chi connectivity index (χ0) is 113. The van der Waals surface area contributed by atoms with Crippen molar-refractivity contribution in [2.75, 3.05) is 0 Å². The Hall–Kier alpha value is -4.93. The molecule has 0 bridgehead atoms. The Kier molecular flexibility index (Phi) is 111. The van der Waals surface area contributed by atoms with Crippen molar-refractivity contribution in [3.63, 3.8) is 0 Å². The lowest BCUT2D eigenvalue weighted by atomic mass is 8.70. The van der Waals surface area contributed by atoms with Crippen molar-refractivity contribution in [1.82, 2.24) is 0 Å². The average molecular weight is 1970 g/mol. The van der Waals surface area contributed by atoms with Gasteiger partial charge in [0.1, 0.15) is 0 Å². The Balaban J connectivity index is -0.000000121. The molecule has 7 spiro atoms. The second-order valence-electron chi connectivity index (χ2n) is 26.8. The smallest absolute Gasteiger partial charge is 0.193 e. The third-order valence-corrected chi connectivity index (χ3v) is 32.7. The third-order valence-electron chi connectivity index (χ3n) is 27.7. The molecule has 0 heterocycles. The minimum atomic E-state index is -0.810. The van der Waals surface area contributed by atoms with Gasteiger partial charge in [0.15, 0.2) is 5.78 Å². The Bertz CT molecular complexity index is 3330. The van der Waals surface area contributed by atoms with Gasteiger partial charge in [-0.25, -0.2) is 0 Å². The van der Waals surface area contributed by atoms with Crippen LogP contribution in [-0.4, -0.2) is 5.78 Å². The molecule has 139 heavy (non-hydrogen) atoms. The summed E-state index contributed by atoms with van der Waals surface area (Å²) < 4.78 is 0. The highest BCUT2D eigenvalue weighted by atomic mass is 31.1. The van der Waals surface area contributed by atoms with Crippen LogP contribution in [0.15, 0.2) is 206 Å². The van der Waals surface area contributed by atoms with E-state index in [-0.39, 0.29) is 5.78 Å². The van der Waals surface area contributed by atoms with E-state index in [0.29, 0.717) is 0 Å². The summed E-state index contributed by atoms with van der Waals surface area (Å²) in [5.74, 6) is 21.6. The standard InChI is InChI=1S/C27H24.C25H19OP.C18H15P.33C2H6/c1-5-2-8-12-16-20-18-14-10-4-6-3-9-13-17-19-15-11-7(1)21(5,8)23(11,12)25(15,16)27(19,20)26(17,18)24(13,14)22(6,9)10;26-25(20-12-4-1-5-13-20)23-18-10-11-19-24(23)27(21-14-6-2-7-15-21)22-16-8-3-9-17-22;1-4-10-16(11-5-1)19(17-12-6-2-7-13-17)18-14-8-3-9-15-18;33*1-2/h5-20H,1-4H2;1-19H;1-15H;33*1-2H3. The van der Waals surface area contributed by atoms with Crippen LogP contribution in [0.25, 0.3) is 0 Å². The van der Waals surface area contributed by atoms with Crippen molar-refractivity contribution in [3.05, 3.63) is 217 Å². The lowest BCUT2D eigenvalue weighted by molar-refractivity contribution is -0.880. The molecule has 0 saturated heterocycles. The van der Waals surface area contributed by atoms with Gasteiger partial charge >= 0.3 is 0 Å². The van der Waals surface area contributed by atoms with Gasteiger partial charge < -0.3 is 0 Å². The van der Waals surface area contributed by atoms with Crippen LogP contribution < -0.4 is 31.8 Å². The van der Waals surface area contributed by atoms with E-state index in [1.54, 1.807) is 25.7 Å². The van der Waals surface area contributed by atoms with E-state index in [4.69, 9.17) is 0 Å². The van der Waals surface area contributed by atoms with Crippen LogP contribution in [0.3, 0.4) is 0 Å². The van der Waals surface area contributed by atoms with Crippen molar-refractivity contribution in [3.8, 4) is 0 Å². The highest BCUT2D eigenvalue weighted by Crippen LogP contribution is 3.34. The van der Waals surface area contributed by atoms with Gasteiger partial charge in [-0.1, -0.05) is 663 Å². The summed E-state index contributed by atoms with van der Waals surface area (Å²) in [7, 11) is -1.26. The van der Waals surface area contributed by atoms with Crippen LogP contribution in [0, 0.1) is 133 Å². The number of hydrogen-bond acceptors (Lipinski definition) is 1. The number of benzene rings is 7. The van der Waals surface area contributed by atoms with Crippen molar-refractivity contribution in [2.24, 2.45) is 133 Å². The second-order valence-corrected chi connectivity index (χ2v) is 31.2. The minimum Gasteiger partial charge on any atom is -0.289 e. The van der Waals surface area contributed by atoms with Crippen molar-refractivity contribution in [2.45, 2.75) is 483 Å². The highest BCUT2D eigenvalue weighted by molar-refractivity contribution is 7.80. The summed E-state index contributed by atoms with van der Waals surface area (Å²) in [6.45, 7) is 132. The van der Waals surface area contributed by atoms with Crippen molar-refractivity contribution in [1.29, 1.82) is 0 Å². The summed E-state index contributed by atoms with van der Waals surface area (Å²) in [4.78, 5) is 13.2. The topological polar surface area (TPSA) is 17.1 Å². The molecular weight excluding hydrogens is 1710 g/mol. The van der Waals surface area contributed by atoms with Gasteiger partial charge in [-0.3, -0.25) is 4.79 Å². The van der Waals surface area contributed by atoms with E-state index < -0.39 is 15.8 Å². The van der Waals surface area contributed by atoms with E-state index in [2.05, 4.69) is 146 Å². The minimum absolute atomic E-state index is 0.0746. The summed E-state index contributed by atoms with van der Waals surface area (Å²) >= 11 is 0. The largest absolute Gasteiger partial charge is 0.289 e. The lowest BCUT2D eigenvalue weighted by Gasteiger charge is -3.33. The van der Waals surface area contributed by atoms with Gasteiger partial charge in [-0.05, 0) is 206 Å². The monoisotopic (exact) mass is 1970 g/mol. The quantitative estimate of drug-likeness (QED) is 0.109. The molecule has 12 unspecified atom stereocenters. The number of carbonyl (C=O) groups is 1. The summed E-state index contributed by atoms with van der Waals surface area (Å²) in [6.07, 6.45) is 6.94. The van der Waals surface area contributed by atoms with E-state index in [0.717, 1.165) is 54.3 Å². The molecule has 7 aromatic rings. The number of carbonyl (C=O) groups excluding carboxylic acids is 1. The molecule has 816 valence electrons. The Labute approximate surface area is 884 Å². The van der Waals surface area contributed by atoms with Gasteiger partial charge in [0.05, 0.1) is 0 Å². The van der Waals surface area contributed by atoms with Crippen LogP contribution in [0.5, 0.6) is 0 Å². The van der Waals surface area contributed by atoms with E-state index in [1.807, 2.05) is 518 Å². The van der Waals surface area contributed by atoms with Crippen molar-refractivity contribution < 1.29 is 4.79 Å². The number of rotatable bonds is 8. The summed E-state index contributed by atoms with van der Waals surface area (Å²) in [6, 6.07) is 70.8. The van der Waals surface area contributed by atoms with E-state index in [9.17, 15) is 4.79 Å². The second kappa shape index (κ2) is 95.3. The SMILES string of the molecule is C1C2CC3C4C5C6C7C8C9CC%10CC%11C%12C%13C%14C%15C%16C1C23C%164C%155C%146C%137C%128C%10%119.CC.CC.CC.CC.CC.CC.CC.CC.CC.CC.CC.CC.CC.CC.CC.CC.CC.CC.CC.CC.CC.CC.CC.CC.CC.CC.CC.CC.CC.CC.CC.CC.CC.O=C(c1ccccc1)c1ccccc1P(c1ccccc1)c1ccccc1.c1ccc(P(c2ccccc2)c2ccccc2)cc1. The molecule has 16 saturated carbocycles. The predicted octanol–water partition coefficient (Wildman–Crippen LogP) is 45.5. The molecule has 0 radical (unpaired) electrons. The fourth-order valence-corrected chi connectivity index (χ4v) is 33.3. The molecule has 0 N–H and O–H groups in total. The maximum absolute atomic E-state index is 13.2. The van der Waals surface area contributed by atoms with E-state index >= 15 is 0 Å². The molecule has 16 aliphatic rings. The molecule has 0 aromatic heterocycles. The van der Waals surface area contributed by atoms with Gasteiger partial charge in [-0.15, -0.1) is 0 Å². The lowest BCUT2D eigenvalue weighted by Crippen LogP contribution is -3.31. The number of hydrogen-bond donors (Lipinski definition) is 0. The van der Waals surface area contributed by atoms with Gasteiger partial charge in [0.25, 0.3) is 0 Å². The third kappa shape index (κ3) is 25.4. The van der Waals surface area contributed by atoms with Gasteiger partial charge in [-0.2, -0.15) is 0 Å². The van der Waals surface area contributed by atoms with Gasteiger partial charge in [0.2, 0.25) is 0 Å². The molecule has 7 aromatic carbocycles. The Morgan fingerprint density at radius 2 is 0.331 bits per heavy atom. The van der Waals surface area contributed by atoms with Crippen LogP contribution in [-0.2, 0) is 0 Å². The fraction of sp³-hybridized carbons (Fsp3) is 0.684. The molecule has 1 nitrogen and oxygen atoms in total. The van der Waals surface area contributed by atoms with Crippen molar-refractivity contribution >= 4 is 53.5 Å². The molecule has 16 fully saturated rings. The summed E-state index contributed by atoms with van der Waals surface area (Å²) in [5.41, 5.74) is 9.16. The molecule has 23 rings (SSSR count). The first-order valence-electron chi connectivity index (χ1n) is 61.7. The Morgan fingerprint density at radius 3 is 0.518 bits per heavy atom.